The van der Waals surface area contributed by atoms with E-state index in [1.807, 2.05) is 32.3 Å². The van der Waals surface area contributed by atoms with E-state index in [4.69, 9.17) is 0 Å². The van der Waals surface area contributed by atoms with Crippen molar-refractivity contribution >= 4 is 0 Å². The highest BCUT2D eigenvalue weighted by Gasteiger charge is 2.06. The fourth-order valence-electron chi connectivity index (χ4n) is 2.09. The Hall–Kier alpha value is -1.87. The van der Waals surface area contributed by atoms with Gasteiger partial charge in [0.2, 0.25) is 0 Å². The van der Waals surface area contributed by atoms with Crippen LogP contribution < -0.4 is 10.7 Å². The zero-order valence-corrected chi connectivity index (χ0v) is 11.0. The lowest BCUT2D eigenvalue weighted by atomic mass is 10.1. The standard InChI is InChI=1S/C15H18N2O/c1-11-6-4-5-7-14(11)17-10-13(9-16-3)15(18)8-12(17)2/h4-8,10,16H,9H2,1-3H3. The van der Waals surface area contributed by atoms with Crippen molar-refractivity contribution in [2.45, 2.75) is 20.4 Å². The fraction of sp³-hybridized carbons (Fsp3) is 0.267. The van der Waals surface area contributed by atoms with Crippen molar-refractivity contribution in [1.82, 2.24) is 9.88 Å². The van der Waals surface area contributed by atoms with Crippen molar-refractivity contribution in [2.24, 2.45) is 0 Å². The van der Waals surface area contributed by atoms with Crippen molar-refractivity contribution in [1.29, 1.82) is 0 Å². The van der Waals surface area contributed by atoms with Crippen LogP contribution in [0.15, 0.2) is 41.3 Å². The fourth-order valence-corrected chi connectivity index (χ4v) is 2.09. The molecule has 1 aromatic heterocycles. The average molecular weight is 242 g/mol. The van der Waals surface area contributed by atoms with Gasteiger partial charge in [-0.1, -0.05) is 18.2 Å². The van der Waals surface area contributed by atoms with E-state index in [0.717, 1.165) is 16.9 Å². The van der Waals surface area contributed by atoms with Gasteiger partial charge in [-0.05, 0) is 32.5 Å². The predicted octanol–water partition coefficient (Wildman–Crippen LogP) is 2.17. The lowest BCUT2D eigenvalue weighted by Crippen LogP contribution is -2.19. The summed E-state index contributed by atoms with van der Waals surface area (Å²) in [4.78, 5) is 11.8. The second-order valence-electron chi connectivity index (χ2n) is 4.49. The molecule has 1 aromatic carbocycles. The third kappa shape index (κ3) is 2.36. The molecule has 0 atom stereocenters. The van der Waals surface area contributed by atoms with Gasteiger partial charge < -0.3 is 9.88 Å². The summed E-state index contributed by atoms with van der Waals surface area (Å²) in [6.45, 7) is 4.62. The van der Waals surface area contributed by atoms with Gasteiger partial charge in [0.1, 0.15) is 0 Å². The Morgan fingerprint density at radius 1 is 1.22 bits per heavy atom. The molecule has 0 amide bonds. The van der Waals surface area contributed by atoms with E-state index < -0.39 is 0 Å². The minimum absolute atomic E-state index is 0.0895. The van der Waals surface area contributed by atoms with Gasteiger partial charge in [-0.25, -0.2) is 0 Å². The number of benzene rings is 1. The smallest absolute Gasteiger partial charge is 0.186 e. The van der Waals surface area contributed by atoms with Crippen LogP contribution >= 0.6 is 0 Å². The first-order chi connectivity index (χ1) is 8.63. The molecule has 3 heteroatoms. The van der Waals surface area contributed by atoms with Gasteiger partial charge in [-0.3, -0.25) is 4.79 Å². The van der Waals surface area contributed by atoms with Crippen LogP contribution in [0.5, 0.6) is 0 Å². The molecule has 2 rings (SSSR count). The SMILES string of the molecule is CNCc1cn(-c2ccccc2C)c(C)cc1=O. The molecule has 0 saturated heterocycles. The maximum Gasteiger partial charge on any atom is 0.186 e. The van der Waals surface area contributed by atoms with Gasteiger partial charge in [-0.2, -0.15) is 0 Å². The molecule has 3 nitrogen and oxygen atoms in total. The molecule has 1 N–H and O–H groups in total. The third-order valence-electron chi connectivity index (χ3n) is 3.06. The topological polar surface area (TPSA) is 34.0 Å². The molecule has 18 heavy (non-hydrogen) atoms. The second-order valence-corrected chi connectivity index (χ2v) is 4.49. The maximum atomic E-state index is 11.8. The molecule has 2 aromatic rings. The van der Waals surface area contributed by atoms with Crippen molar-refractivity contribution < 1.29 is 0 Å². The lowest BCUT2D eigenvalue weighted by Gasteiger charge is -2.14. The molecular formula is C15H18N2O. The van der Waals surface area contributed by atoms with Gasteiger partial charge in [0.05, 0.1) is 0 Å². The van der Waals surface area contributed by atoms with E-state index in [2.05, 4.69) is 28.9 Å². The molecule has 0 radical (unpaired) electrons. The van der Waals surface area contributed by atoms with Crippen LogP contribution in [0.4, 0.5) is 0 Å². The number of hydrogen-bond acceptors (Lipinski definition) is 2. The normalized spacial score (nSPS) is 10.6. The molecule has 0 aliphatic rings. The van der Waals surface area contributed by atoms with Crippen LogP contribution in [0.2, 0.25) is 0 Å². The molecule has 0 unspecified atom stereocenters. The molecule has 0 bridgehead atoms. The quantitative estimate of drug-likeness (QED) is 0.895. The Balaban J connectivity index is 2.61. The summed E-state index contributed by atoms with van der Waals surface area (Å²) in [5.41, 5.74) is 4.14. The van der Waals surface area contributed by atoms with Gasteiger partial charge in [0.25, 0.3) is 0 Å². The third-order valence-corrected chi connectivity index (χ3v) is 3.06. The molecule has 94 valence electrons. The van der Waals surface area contributed by atoms with Crippen LogP contribution in [0, 0.1) is 13.8 Å². The molecule has 0 spiro atoms. The molecule has 0 aliphatic heterocycles. The predicted molar refractivity (Wildman–Crippen MR) is 74.3 cm³/mol. The van der Waals surface area contributed by atoms with Crippen molar-refractivity contribution in [2.75, 3.05) is 7.05 Å². The Morgan fingerprint density at radius 2 is 1.94 bits per heavy atom. The lowest BCUT2D eigenvalue weighted by molar-refractivity contribution is 0.793. The molecule has 0 saturated carbocycles. The number of aryl methyl sites for hydroxylation is 2. The number of aromatic nitrogens is 1. The highest BCUT2D eigenvalue weighted by molar-refractivity contribution is 5.42. The molecule has 1 heterocycles. The summed E-state index contributed by atoms with van der Waals surface area (Å²) in [5.74, 6) is 0. The van der Waals surface area contributed by atoms with Gasteiger partial charge >= 0.3 is 0 Å². The molecular weight excluding hydrogens is 224 g/mol. The van der Waals surface area contributed by atoms with Crippen molar-refractivity contribution in [3.8, 4) is 5.69 Å². The number of nitrogens with zero attached hydrogens (tertiary/aromatic N) is 1. The highest BCUT2D eigenvalue weighted by Crippen LogP contribution is 2.15. The van der Waals surface area contributed by atoms with E-state index in [1.165, 1.54) is 5.56 Å². The Labute approximate surface area is 107 Å². The summed E-state index contributed by atoms with van der Waals surface area (Å²) in [6.07, 6.45) is 1.93. The zero-order chi connectivity index (χ0) is 13.1. The van der Waals surface area contributed by atoms with Crippen LogP contribution in [-0.2, 0) is 6.54 Å². The second kappa shape index (κ2) is 5.19. The van der Waals surface area contributed by atoms with Crippen LogP contribution in [0.3, 0.4) is 0 Å². The first-order valence-corrected chi connectivity index (χ1v) is 6.06. The summed E-state index contributed by atoms with van der Waals surface area (Å²) < 4.78 is 2.07. The monoisotopic (exact) mass is 242 g/mol. The number of para-hydroxylation sites is 1. The van der Waals surface area contributed by atoms with E-state index in [-0.39, 0.29) is 5.43 Å². The van der Waals surface area contributed by atoms with E-state index in [9.17, 15) is 4.79 Å². The summed E-state index contributed by atoms with van der Waals surface area (Å²) in [6, 6.07) is 9.86. The van der Waals surface area contributed by atoms with Gasteiger partial charge in [0.15, 0.2) is 5.43 Å². The summed E-state index contributed by atoms with van der Waals surface area (Å²) in [5, 5.41) is 3.02. The van der Waals surface area contributed by atoms with Crippen LogP contribution in [0.1, 0.15) is 16.8 Å². The Morgan fingerprint density at radius 3 is 2.61 bits per heavy atom. The first-order valence-electron chi connectivity index (χ1n) is 6.06. The van der Waals surface area contributed by atoms with Crippen LogP contribution in [0.25, 0.3) is 5.69 Å². The Bertz CT molecular complexity index is 614. The minimum atomic E-state index is 0.0895. The average Bonchev–Trinajstić information content (AvgIpc) is 2.34. The van der Waals surface area contributed by atoms with Gasteiger partial charge in [-0.15, -0.1) is 0 Å². The molecule has 0 fully saturated rings. The van der Waals surface area contributed by atoms with E-state index in [0.29, 0.717) is 6.54 Å². The zero-order valence-electron chi connectivity index (χ0n) is 11.0. The number of hydrogen-bond donors (Lipinski definition) is 1. The van der Waals surface area contributed by atoms with Crippen molar-refractivity contribution in [3.63, 3.8) is 0 Å². The first kappa shape index (κ1) is 12.6. The molecule has 0 aliphatic carbocycles. The Kier molecular flexibility index (Phi) is 3.63. The van der Waals surface area contributed by atoms with Crippen LogP contribution in [-0.4, -0.2) is 11.6 Å². The number of nitrogens with one attached hydrogen (secondary N) is 1. The minimum Gasteiger partial charge on any atom is -0.320 e. The number of rotatable bonds is 3. The maximum absolute atomic E-state index is 11.8. The summed E-state index contributed by atoms with van der Waals surface area (Å²) in [7, 11) is 1.84. The van der Waals surface area contributed by atoms with Gasteiger partial charge in [0, 0.05) is 35.8 Å². The summed E-state index contributed by atoms with van der Waals surface area (Å²) >= 11 is 0. The van der Waals surface area contributed by atoms with E-state index >= 15 is 0 Å². The largest absolute Gasteiger partial charge is 0.320 e. The number of pyridine rings is 1. The van der Waals surface area contributed by atoms with Crippen molar-refractivity contribution in [3.05, 3.63) is 63.6 Å². The highest BCUT2D eigenvalue weighted by atomic mass is 16.1. The van der Waals surface area contributed by atoms with E-state index in [1.54, 1.807) is 6.07 Å².